The molecule has 0 aromatic heterocycles. The number of aryl methyl sites for hydroxylation is 1. The Morgan fingerprint density at radius 2 is 1.59 bits per heavy atom. The number of esters is 1. The van der Waals surface area contributed by atoms with E-state index in [1.54, 1.807) is 12.1 Å². The fourth-order valence-electron chi connectivity index (χ4n) is 7.25. The molecule has 6 nitrogen and oxygen atoms in total. The maximum Gasteiger partial charge on any atom is 0.306 e. The summed E-state index contributed by atoms with van der Waals surface area (Å²) in [6, 6.07) is 26.6. The number of rotatable bonds is 18. The molecule has 0 N–H and O–H groups in total. The summed E-state index contributed by atoms with van der Waals surface area (Å²) in [4.78, 5) is 12.7. The molecule has 49 heavy (non-hydrogen) atoms. The lowest BCUT2D eigenvalue weighted by molar-refractivity contribution is -0.144. The number of hydrogen-bond donors (Lipinski definition) is 0. The lowest BCUT2D eigenvalue weighted by atomic mass is 10.0. The Balaban J connectivity index is 1.45. The Morgan fingerprint density at radius 1 is 0.939 bits per heavy atom. The predicted molar refractivity (Wildman–Crippen MR) is 202 cm³/mol. The van der Waals surface area contributed by atoms with E-state index in [0.717, 1.165) is 56.9 Å². The maximum absolute atomic E-state index is 13.6. The molecule has 0 spiro atoms. The number of benzene rings is 3. The Labute approximate surface area is 297 Å². The fourth-order valence-corrected chi connectivity index (χ4v) is 13.2. The van der Waals surface area contributed by atoms with Crippen LogP contribution in [0.4, 0.5) is 0 Å². The van der Waals surface area contributed by atoms with Crippen LogP contribution in [0.3, 0.4) is 0 Å². The normalized spacial score (nSPS) is 17.5. The van der Waals surface area contributed by atoms with Gasteiger partial charge in [-0.05, 0) is 84.0 Å². The van der Waals surface area contributed by atoms with Crippen LogP contribution in [0.1, 0.15) is 98.0 Å². The quantitative estimate of drug-likeness (QED) is 0.0977. The molecule has 4 rings (SSSR count). The minimum Gasteiger partial charge on any atom is -0.489 e. The van der Waals surface area contributed by atoms with Crippen molar-refractivity contribution in [3.8, 4) is 5.75 Å². The molecule has 1 fully saturated rings. The first-order valence-corrected chi connectivity index (χ1v) is 21.9. The van der Waals surface area contributed by atoms with Gasteiger partial charge in [-0.25, -0.2) is 8.42 Å². The third kappa shape index (κ3) is 10.1. The van der Waals surface area contributed by atoms with Gasteiger partial charge < -0.3 is 13.9 Å². The third-order valence-electron chi connectivity index (χ3n) is 10.1. The summed E-state index contributed by atoms with van der Waals surface area (Å²) in [5.74, 6) is 0.153. The monoisotopic (exact) mass is 706 g/mol. The molecule has 0 saturated heterocycles. The van der Waals surface area contributed by atoms with Crippen molar-refractivity contribution < 1.29 is 27.1 Å². The van der Waals surface area contributed by atoms with E-state index in [9.17, 15) is 13.2 Å². The average molecular weight is 707 g/mol. The molecule has 268 valence electrons. The van der Waals surface area contributed by atoms with Crippen molar-refractivity contribution in [2.45, 2.75) is 115 Å². The van der Waals surface area contributed by atoms with Gasteiger partial charge in [0.15, 0.2) is 9.84 Å². The van der Waals surface area contributed by atoms with Gasteiger partial charge in [0.2, 0.25) is 0 Å². The number of hydrogen-bond acceptors (Lipinski definition) is 6. The van der Waals surface area contributed by atoms with Gasteiger partial charge in [0.25, 0.3) is 8.32 Å². The summed E-state index contributed by atoms with van der Waals surface area (Å²) in [5, 5.41) is 2.41. The number of ether oxygens (including phenoxy) is 2. The third-order valence-corrected chi connectivity index (χ3v) is 16.9. The van der Waals surface area contributed by atoms with Gasteiger partial charge in [-0.15, -0.1) is 0 Å². The van der Waals surface area contributed by atoms with Gasteiger partial charge in [0.05, 0.1) is 18.8 Å². The van der Waals surface area contributed by atoms with Crippen LogP contribution >= 0.6 is 0 Å². The summed E-state index contributed by atoms with van der Waals surface area (Å²) < 4.78 is 46.5. The maximum atomic E-state index is 13.6. The molecule has 8 heteroatoms. The Hall–Kier alpha value is -2.94. The molecule has 1 saturated carbocycles. The molecule has 0 heterocycles. The smallest absolute Gasteiger partial charge is 0.306 e. The second kappa shape index (κ2) is 17.8. The van der Waals surface area contributed by atoms with Crippen LogP contribution in [-0.4, -0.2) is 47.8 Å². The summed E-state index contributed by atoms with van der Waals surface area (Å²) >= 11 is 0. The van der Waals surface area contributed by atoms with E-state index >= 15 is 0 Å². The topological polar surface area (TPSA) is 78.9 Å². The van der Waals surface area contributed by atoms with Crippen molar-refractivity contribution in [2.75, 3.05) is 19.0 Å². The molecule has 0 amide bonds. The molecular weight excluding hydrogens is 649 g/mol. The molecule has 3 aromatic rings. The van der Waals surface area contributed by atoms with Gasteiger partial charge in [0, 0.05) is 6.61 Å². The highest BCUT2D eigenvalue weighted by Crippen LogP contribution is 2.39. The highest BCUT2D eigenvalue weighted by molar-refractivity contribution is 7.91. The molecule has 0 bridgehead atoms. The van der Waals surface area contributed by atoms with E-state index in [-0.39, 0.29) is 34.1 Å². The largest absolute Gasteiger partial charge is 0.489 e. The molecule has 3 aromatic carbocycles. The van der Waals surface area contributed by atoms with E-state index in [2.05, 4.69) is 95.3 Å². The van der Waals surface area contributed by atoms with Crippen LogP contribution in [-0.2, 0) is 23.8 Å². The van der Waals surface area contributed by atoms with Crippen LogP contribution in [0.15, 0.2) is 83.8 Å². The Kier molecular flexibility index (Phi) is 14.1. The van der Waals surface area contributed by atoms with Crippen LogP contribution in [0, 0.1) is 18.8 Å². The Morgan fingerprint density at radius 3 is 2.18 bits per heavy atom. The van der Waals surface area contributed by atoms with Crippen molar-refractivity contribution in [1.82, 2.24) is 0 Å². The summed E-state index contributed by atoms with van der Waals surface area (Å²) in [7, 11) is -6.44. The van der Waals surface area contributed by atoms with Crippen LogP contribution in [0.25, 0.3) is 0 Å². The number of unbranched alkanes of at least 4 members (excludes halogenated alkanes) is 1. The fraction of sp³-hybridized carbons (Fsp3) is 0.537. The van der Waals surface area contributed by atoms with Gasteiger partial charge in [-0.1, -0.05) is 121 Å². The number of carbonyl (C=O) groups is 1. The minimum atomic E-state index is -3.78. The summed E-state index contributed by atoms with van der Waals surface area (Å²) in [6.45, 7) is 14.0. The van der Waals surface area contributed by atoms with E-state index in [1.807, 2.05) is 13.0 Å². The molecule has 0 aliphatic heterocycles. The van der Waals surface area contributed by atoms with Crippen molar-refractivity contribution in [3.63, 3.8) is 0 Å². The number of carbonyl (C=O) groups excluding carboxylic acids is 1. The molecule has 1 aliphatic rings. The van der Waals surface area contributed by atoms with E-state index < -0.39 is 24.1 Å². The molecule has 3 atom stereocenters. The summed E-state index contributed by atoms with van der Waals surface area (Å²) in [6.07, 6.45) is 7.56. The first-order valence-electron chi connectivity index (χ1n) is 18.3. The standard InChI is InChI=1S/C41H58O6SSi/c1-7-9-17-33(8-2)31-45-40(42)27-29-48(43,44)39-25-24-32(3)30-38(39)47-37-23-16-18-34(37)26-28-46-49(41(4,5)6,35-19-12-10-13-20-35)36-21-14-11-15-22-36/h10-15,19-22,24-25,30,33-34,37H,7-9,16-18,23,26-29,31H2,1-6H3/t33-,34-,37-/m1/s1. The van der Waals surface area contributed by atoms with Crippen molar-refractivity contribution >= 4 is 34.5 Å². The molecule has 0 unspecified atom stereocenters. The zero-order valence-electron chi connectivity index (χ0n) is 30.6. The minimum absolute atomic E-state index is 0.106. The van der Waals surface area contributed by atoms with Gasteiger partial charge >= 0.3 is 5.97 Å². The van der Waals surface area contributed by atoms with Gasteiger partial charge in [0.1, 0.15) is 16.7 Å². The first kappa shape index (κ1) is 38.9. The molecule has 0 radical (unpaired) electrons. The van der Waals surface area contributed by atoms with Crippen molar-refractivity contribution in [1.29, 1.82) is 0 Å². The van der Waals surface area contributed by atoms with Gasteiger partial charge in [-0.2, -0.15) is 0 Å². The van der Waals surface area contributed by atoms with E-state index in [4.69, 9.17) is 13.9 Å². The average Bonchev–Trinajstić information content (AvgIpc) is 3.52. The highest BCUT2D eigenvalue weighted by atomic mass is 32.2. The predicted octanol–water partition coefficient (Wildman–Crippen LogP) is 8.43. The second-order valence-corrected chi connectivity index (χ2v) is 21.1. The molecular formula is C41H58O6SSi. The van der Waals surface area contributed by atoms with Crippen molar-refractivity contribution in [3.05, 3.63) is 84.4 Å². The van der Waals surface area contributed by atoms with E-state index in [1.165, 1.54) is 10.4 Å². The van der Waals surface area contributed by atoms with Gasteiger partial charge in [-0.3, -0.25) is 4.79 Å². The lowest BCUT2D eigenvalue weighted by Crippen LogP contribution is -2.66. The highest BCUT2D eigenvalue weighted by Gasteiger charge is 2.50. The Bertz CT molecular complexity index is 1530. The summed E-state index contributed by atoms with van der Waals surface area (Å²) in [5.41, 5.74) is 0.926. The van der Waals surface area contributed by atoms with Crippen LogP contribution < -0.4 is 15.1 Å². The first-order chi connectivity index (χ1) is 23.4. The number of sulfone groups is 1. The SMILES string of the molecule is CCCC[C@@H](CC)COC(=O)CCS(=O)(=O)c1ccc(C)cc1O[C@@H]1CCC[C@@H]1CCO[Si](c1ccccc1)(c1ccccc1)C(C)(C)C. The van der Waals surface area contributed by atoms with Crippen molar-refractivity contribution in [2.24, 2.45) is 11.8 Å². The van der Waals surface area contributed by atoms with Crippen LogP contribution in [0.2, 0.25) is 5.04 Å². The lowest BCUT2D eigenvalue weighted by Gasteiger charge is -2.43. The van der Waals surface area contributed by atoms with E-state index in [0.29, 0.717) is 24.9 Å². The second-order valence-electron chi connectivity index (χ2n) is 14.8. The zero-order chi connectivity index (χ0) is 35.5. The van der Waals surface area contributed by atoms with Crippen LogP contribution in [0.5, 0.6) is 5.75 Å². The zero-order valence-corrected chi connectivity index (χ0v) is 32.4. The molecule has 1 aliphatic carbocycles.